The fourth-order valence-electron chi connectivity index (χ4n) is 4.37. The van der Waals surface area contributed by atoms with Crippen molar-refractivity contribution < 1.29 is 17.6 Å². The Hall–Kier alpha value is -3.17. The van der Waals surface area contributed by atoms with Crippen LogP contribution in [0.4, 0.5) is 4.39 Å². The summed E-state index contributed by atoms with van der Waals surface area (Å²) >= 11 is 0. The Labute approximate surface area is 205 Å². The van der Waals surface area contributed by atoms with Crippen molar-refractivity contribution in [3.05, 3.63) is 78.0 Å². The van der Waals surface area contributed by atoms with Crippen molar-refractivity contribution in [3.8, 4) is 11.3 Å². The average molecular weight is 497 g/mol. The zero-order valence-electron chi connectivity index (χ0n) is 19.7. The van der Waals surface area contributed by atoms with E-state index in [2.05, 4.69) is 20.0 Å². The molecule has 4 rings (SSSR count). The van der Waals surface area contributed by atoms with Crippen molar-refractivity contribution in [1.29, 1.82) is 0 Å². The largest absolute Gasteiger partial charge is 0.349 e. The molecule has 0 saturated heterocycles. The Bertz CT molecular complexity index is 1290. The van der Waals surface area contributed by atoms with Crippen LogP contribution in [0.5, 0.6) is 0 Å². The Kier molecular flexibility index (Phi) is 7.57. The number of halogens is 1. The summed E-state index contributed by atoms with van der Waals surface area (Å²) in [6, 6.07) is 14.0. The first-order valence-electron chi connectivity index (χ1n) is 11.7. The molecule has 0 bridgehead atoms. The van der Waals surface area contributed by atoms with Crippen LogP contribution in [0.2, 0.25) is 0 Å². The molecule has 0 aliphatic heterocycles. The average Bonchev–Trinajstić information content (AvgIpc) is 2.84. The fourth-order valence-corrected chi connectivity index (χ4v) is 5.72. The van der Waals surface area contributed by atoms with Crippen LogP contribution < -0.4 is 10.0 Å². The van der Waals surface area contributed by atoms with Crippen LogP contribution in [0.25, 0.3) is 11.3 Å². The van der Waals surface area contributed by atoms with Gasteiger partial charge in [0, 0.05) is 23.7 Å². The predicted molar refractivity (Wildman–Crippen MR) is 131 cm³/mol. The lowest BCUT2D eigenvalue weighted by Gasteiger charge is -2.29. The van der Waals surface area contributed by atoms with Gasteiger partial charge in [-0.2, -0.15) is 0 Å². The summed E-state index contributed by atoms with van der Waals surface area (Å²) in [5.41, 5.74) is 2.20. The molecule has 35 heavy (non-hydrogen) atoms. The minimum absolute atomic E-state index is 0.0593. The molecule has 0 unspecified atom stereocenters. The molecular formula is C26H29FN4O3S. The highest BCUT2D eigenvalue weighted by molar-refractivity contribution is 7.89. The van der Waals surface area contributed by atoms with Crippen LogP contribution >= 0.6 is 0 Å². The van der Waals surface area contributed by atoms with E-state index in [4.69, 9.17) is 0 Å². The van der Waals surface area contributed by atoms with E-state index in [0.29, 0.717) is 42.8 Å². The molecule has 7 nitrogen and oxygen atoms in total. The highest BCUT2D eigenvalue weighted by atomic mass is 32.2. The summed E-state index contributed by atoms with van der Waals surface area (Å²) in [5, 5.41) is 2.99. The summed E-state index contributed by atoms with van der Waals surface area (Å²) in [6.45, 7) is 3.65. The number of carbonyl (C=O) groups excluding carboxylic acids is 1. The van der Waals surface area contributed by atoms with Crippen molar-refractivity contribution in [1.82, 2.24) is 20.0 Å². The molecule has 1 atom stereocenters. The number of rotatable bonds is 7. The van der Waals surface area contributed by atoms with Gasteiger partial charge in [-0.15, -0.1) is 0 Å². The molecule has 184 valence electrons. The van der Waals surface area contributed by atoms with Gasteiger partial charge in [-0.3, -0.25) is 4.79 Å². The number of hydrogen-bond donors (Lipinski definition) is 2. The molecule has 1 amide bonds. The molecule has 1 aromatic heterocycles. The van der Waals surface area contributed by atoms with Crippen LogP contribution in [0.3, 0.4) is 0 Å². The van der Waals surface area contributed by atoms with E-state index in [1.54, 1.807) is 49.5 Å². The van der Waals surface area contributed by atoms with Crippen LogP contribution in [0.1, 0.15) is 50.0 Å². The number of benzene rings is 2. The van der Waals surface area contributed by atoms with Gasteiger partial charge < -0.3 is 5.32 Å². The second kappa shape index (κ2) is 10.6. The first kappa shape index (κ1) is 24.9. The fraction of sp³-hybridized carbons (Fsp3) is 0.346. The third-order valence-corrected chi connectivity index (χ3v) is 7.88. The molecule has 1 aliphatic carbocycles. The number of nitrogens with zero attached hydrogens (tertiary/aromatic N) is 2. The second-order valence-electron chi connectivity index (χ2n) is 8.97. The van der Waals surface area contributed by atoms with Crippen molar-refractivity contribution in [2.45, 2.75) is 56.5 Å². The van der Waals surface area contributed by atoms with E-state index in [1.165, 1.54) is 12.1 Å². The maximum absolute atomic E-state index is 13.1. The third kappa shape index (κ3) is 6.29. The lowest BCUT2D eigenvalue weighted by Crippen LogP contribution is -2.41. The number of amides is 1. The van der Waals surface area contributed by atoms with E-state index in [-0.39, 0.29) is 34.6 Å². The standard InChI is InChI=1S/C26H29FN4O3S/c1-17(19-6-10-22(27)11-7-19)29-26(32)20-8-12-23(13-9-20)31-35(33,34)24-5-3-4-21(16-24)25-14-15-28-18(2)30-25/h3-7,10-11,14-17,20,23,31H,8-9,12-13H2,1-2H3,(H,29,32)/t17-,20?,23?/m1/s1. The number of aryl methyl sites for hydroxylation is 1. The maximum Gasteiger partial charge on any atom is 0.240 e. The summed E-state index contributed by atoms with van der Waals surface area (Å²) in [5.74, 6) is 0.0598. The van der Waals surface area contributed by atoms with Gasteiger partial charge in [0.1, 0.15) is 11.6 Å². The molecule has 1 fully saturated rings. The Morgan fingerprint density at radius 3 is 2.46 bits per heavy atom. The zero-order chi connectivity index (χ0) is 25.0. The summed E-state index contributed by atoms with van der Waals surface area (Å²) in [6.07, 6.45) is 3.98. The smallest absolute Gasteiger partial charge is 0.240 e. The van der Waals surface area contributed by atoms with Gasteiger partial charge >= 0.3 is 0 Å². The van der Waals surface area contributed by atoms with Crippen LogP contribution in [0, 0.1) is 18.7 Å². The Morgan fingerprint density at radius 2 is 1.77 bits per heavy atom. The van der Waals surface area contributed by atoms with E-state index < -0.39 is 10.0 Å². The predicted octanol–water partition coefficient (Wildman–Crippen LogP) is 4.31. The quantitative estimate of drug-likeness (QED) is 0.508. The van der Waals surface area contributed by atoms with E-state index in [1.807, 2.05) is 13.0 Å². The normalized spacial score (nSPS) is 19.2. The highest BCUT2D eigenvalue weighted by Crippen LogP contribution is 2.27. The number of hydrogen-bond acceptors (Lipinski definition) is 5. The number of aromatic nitrogens is 2. The lowest BCUT2D eigenvalue weighted by atomic mass is 9.85. The Balaban J connectivity index is 1.34. The van der Waals surface area contributed by atoms with Gasteiger partial charge in [0.05, 0.1) is 16.6 Å². The monoisotopic (exact) mass is 496 g/mol. The van der Waals surface area contributed by atoms with Crippen LogP contribution in [-0.2, 0) is 14.8 Å². The molecule has 0 spiro atoms. The first-order chi connectivity index (χ1) is 16.7. The van der Waals surface area contributed by atoms with Crippen LogP contribution in [-0.4, -0.2) is 30.3 Å². The van der Waals surface area contributed by atoms with Crippen molar-refractivity contribution in [2.75, 3.05) is 0 Å². The third-order valence-electron chi connectivity index (χ3n) is 6.36. The van der Waals surface area contributed by atoms with Crippen LogP contribution in [0.15, 0.2) is 65.7 Å². The molecule has 3 aromatic rings. The lowest BCUT2D eigenvalue weighted by molar-refractivity contribution is -0.126. The minimum Gasteiger partial charge on any atom is -0.349 e. The van der Waals surface area contributed by atoms with E-state index in [9.17, 15) is 17.6 Å². The molecule has 0 radical (unpaired) electrons. The van der Waals surface area contributed by atoms with Gasteiger partial charge in [0.2, 0.25) is 15.9 Å². The second-order valence-corrected chi connectivity index (χ2v) is 10.7. The van der Waals surface area contributed by atoms with E-state index >= 15 is 0 Å². The number of carbonyl (C=O) groups is 1. The molecule has 1 saturated carbocycles. The molecule has 2 N–H and O–H groups in total. The van der Waals surface area contributed by atoms with E-state index in [0.717, 1.165) is 5.56 Å². The summed E-state index contributed by atoms with van der Waals surface area (Å²) in [4.78, 5) is 21.4. The molecule has 1 heterocycles. The maximum atomic E-state index is 13.1. The van der Waals surface area contributed by atoms with Crippen molar-refractivity contribution in [2.24, 2.45) is 5.92 Å². The van der Waals surface area contributed by atoms with Gasteiger partial charge in [-0.05, 0) is 75.4 Å². The number of nitrogens with one attached hydrogen (secondary N) is 2. The molecular weight excluding hydrogens is 467 g/mol. The van der Waals surface area contributed by atoms with Gasteiger partial charge in [-0.1, -0.05) is 24.3 Å². The highest BCUT2D eigenvalue weighted by Gasteiger charge is 2.30. The van der Waals surface area contributed by atoms with Crippen molar-refractivity contribution >= 4 is 15.9 Å². The zero-order valence-corrected chi connectivity index (χ0v) is 20.6. The van der Waals surface area contributed by atoms with Gasteiger partial charge in [-0.25, -0.2) is 27.5 Å². The van der Waals surface area contributed by atoms with Gasteiger partial charge in [0.15, 0.2) is 0 Å². The minimum atomic E-state index is -3.72. The first-order valence-corrected chi connectivity index (χ1v) is 13.2. The molecule has 1 aliphatic rings. The molecule has 9 heteroatoms. The number of sulfonamides is 1. The topological polar surface area (TPSA) is 101 Å². The summed E-state index contributed by atoms with van der Waals surface area (Å²) < 4.78 is 42.0. The van der Waals surface area contributed by atoms with Gasteiger partial charge in [0.25, 0.3) is 0 Å². The molecule has 2 aromatic carbocycles. The SMILES string of the molecule is Cc1nccc(-c2cccc(S(=O)(=O)NC3CCC(C(=O)N[C@H](C)c4ccc(F)cc4)CC3)c2)n1. The summed E-state index contributed by atoms with van der Waals surface area (Å²) in [7, 11) is -3.72. The Morgan fingerprint density at radius 1 is 1.06 bits per heavy atom. The van der Waals surface area contributed by atoms with Crippen molar-refractivity contribution in [3.63, 3.8) is 0 Å².